The van der Waals surface area contributed by atoms with E-state index in [0.717, 1.165) is 5.56 Å². The Bertz CT molecular complexity index is 1340. The van der Waals surface area contributed by atoms with Crippen LogP contribution in [0.4, 0.5) is 11.4 Å². The number of amides is 1. The number of hydrogen-bond donors (Lipinski definition) is 2. The van der Waals surface area contributed by atoms with E-state index in [1.54, 1.807) is 12.1 Å². The van der Waals surface area contributed by atoms with Crippen molar-refractivity contribution >= 4 is 33.3 Å². The highest BCUT2D eigenvalue weighted by Crippen LogP contribution is 2.32. The summed E-state index contributed by atoms with van der Waals surface area (Å²) >= 11 is 0. The zero-order chi connectivity index (χ0) is 25.0. The minimum Gasteiger partial charge on any atom is -0.486 e. The van der Waals surface area contributed by atoms with Gasteiger partial charge in [-0.15, -0.1) is 0 Å². The largest absolute Gasteiger partial charge is 0.486 e. The number of anilines is 2. The van der Waals surface area contributed by atoms with E-state index in [0.29, 0.717) is 30.4 Å². The average molecular weight is 497 g/mol. The molecular formula is C25H24N2O7S. The quantitative estimate of drug-likeness (QED) is 0.478. The Morgan fingerprint density at radius 3 is 2.20 bits per heavy atom. The average Bonchev–Trinajstić information content (AvgIpc) is 2.85. The number of nitrogens with one attached hydrogen (secondary N) is 2. The van der Waals surface area contributed by atoms with Gasteiger partial charge in [-0.25, -0.2) is 13.2 Å². The Labute approximate surface area is 203 Å². The van der Waals surface area contributed by atoms with Crippen LogP contribution in [0.15, 0.2) is 71.6 Å². The zero-order valence-corrected chi connectivity index (χ0v) is 19.9. The van der Waals surface area contributed by atoms with Gasteiger partial charge in [0.05, 0.1) is 10.5 Å². The highest BCUT2D eigenvalue weighted by Gasteiger charge is 2.21. The molecule has 10 heteroatoms. The number of benzene rings is 3. The summed E-state index contributed by atoms with van der Waals surface area (Å²) in [5.74, 6) is -0.332. The van der Waals surface area contributed by atoms with Gasteiger partial charge < -0.3 is 19.5 Å². The highest BCUT2D eigenvalue weighted by molar-refractivity contribution is 7.92. The molecule has 35 heavy (non-hydrogen) atoms. The van der Waals surface area contributed by atoms with Gasteiger partial charge in [0.2, 0.25) is 0 Å². The topological polar surface area (TPSA) is 120 Å². The molecule has 0 fully saturated rings. The van der Waals surface area contributed by atoms with E-state index < -0.39 is 28.0 Å². The number of aryl methyl sites for hydroxylation is 1. The fourth-order valence-electron chi connectivity index (χ4n) is 3.24. The lowest BCUT2D eigenvalue weighted by Gasteiger charge is -2.19. The molecule has 1 unspecified atom stereocenters. The van der Waals surface area contributed by atoms with Crippen LogP contribution < -0.4 is 19.5 Å². The maximum atomic E-state index is 12.8. The second-order valence-corrected chi connectivity index (χ2v) is 9.57. The van der Waals surface area contributed by atoms with Gasteiger partial charge in [-0.3, -0.25) is 9.52 Å². The van der Waals surface area contributed by atoms with Crippen LogP contribution in [-0.2, 0) is 19.6 Å². The first-order valence-corrected chi connectivity index (χ1v) is 12.3. The van der Waals surface area contributed by atoms with Gasteiger partial charge >= 0.3 is 5.97 Å². The van der Waals surface area contributed by atoms with E-state index in [9.17, 15) is 18.0 Å². The van der Waals surface area contributed by atoms with Crippen molar-refractivity contribution in [3.63, 3.8) is 0 Å². The van der Waals surface area contributed by atoms with E-state index in [1.165, 1.54) is 49.4 Å². The normalized spacial score (nSPS) is 13.4. The van der Waals surface area contributed by atoms with Crippen LogP contribution in [0.25, 0.3) is 0 Å². The molecule has 0 saturated carbocycles. The van der Waals surface area contributed by atoms with Gasteiger partial charge in [0.15, 0.2) is 17.6 Å². The molecule has 9 nitrogen and oxygen atoms in total. The predicted molar refractivity (Wildman–Crippen MR) is 129 cm³/mol. The molecule has 0 radical (unpaired) electrons. The third kappa shape index (κ3) is 5.90. The first kappa shape index (κ1) is 24.1. The molecule has 1 aliphatic heterocycles. The SMILES string of the molecule is Cc1ccc(NC(=O)C(C)OC(=O)c2ccc(NS(=O)(=O)c3ccc4c(c3)OCCO4)cc2)cc1. The number of ether oxygens (including phenoxy) is 3. The molecule has 0 spiro atoms. The van der Waals surface area contributed by atoms with Crippen molar-refractivity contribution in [1.29, 1.82) is 0 Å². The molecule has 1 heterocycles. The first-order valence-electron chi connectivity index (χ1n) is 10.8. The molecule has 0 saturated heterocycles. The van der Waals surface area contributed by atoms with Crippen LogP contribution in [-0.4, -0.2) is 39.6 Å². The second-order valence-electron chi connectivity index (χ2n) is 7.89. The molecule has 1 amide bonds. The van der Waals surface area contributed by atoms with Gasteiger partial charge in [-0.1, -0.05) is 17.7 Å². The molecule has 182 valence electrons. The number of hydrogen-bond acceptors (Lipinski definition) is 7. The summed E-state index contributed by atoms with van der Waals surface area (Å²) in [5, 5.41) is 2.69. The van der Waals surface area contributed by atoms with E-state index >= 15 is 0 Å². The standard InChI is InChI=1S/C25H24N2O7S/c1-16-3-7-19(8-4-16)26-24(28)17(2)34-25(29)18-5-9-20(10-6-18)27-35(30,31)21-11-12-22-23(15-21)33-14-13-32-22/h3-12,15,17,27H,13-14H2,1-2H3,(H,26,28). The highest BCUT2D eigenvalue weighted by atomic mass is 32.2. The molecule has 2 N–H and O–H groups in total. The lowest BCUT2D eigenvalue weighted by Crippen LogP contribution is -2.30. The van der Waals surface area contributed by atoms with Gasteiger partial charge in [0.1, 0.15) is 13.2 Å². The number of rotatable bonds is 7. The molecule has 0 bridgehead atoms. The van der Waals surface area contributed by atoms with Crippen molar-refractivity contribution in [2.75, 3.05) is 23.3 Å². The summed E-state index contributed by atoms with van der Waals surface area (Å²) in [6, 6.07) is 17.3. The molecule has 0 aromatic heterocycles. The minimum absolute atomic E-state index is 0.0126. The Hall–Kier alpha value is -4.05. The van der Waals surface area contributed by atoms with Crippen LogP contribution in [0.1, 0.15) is 22.8 Å². The van der Waals surface area contributed by atoms with Crippen molar-refractivity contribution in [2.45, 2.75) is 24.8 Å². The first-order chi connectivity index (χ1) is 16.7. The Morgan fingerprint density at radius 1 is 0.886 bits per heavy atom. The summed E-state index contributed by atoms with van der Waals surface area (Å²) in [6.07, 6.45) is -1.03. The fraction of sp³-hybridized carbons (Fsp3) is 0.200. The molecule has 0 aliphatic carbocycles. The lowest BCUT2D eigenvalue weighted by atomic mass is 10.2. The van der Waals surface area contributed by atoms with Crippen molar-refractivity contribution in [1.82, 2.24) is 0 Å². The fourth-order valence-corrected chi connectivity index (χ4v) is 4.32. The Balaban J connectivity index is 1.36. The van der Waals surface area contributed by atoms with E-state index in [4.69, 9.17) is 14.2 Å². The van der Waals surface area contributed by atoms with Crippen LogP contribution in [0, 0.1) is 6.92 Å². The summed E-state index contributed by atoms with van der Waals surface area (Å²) in [4.78, 5) is 24.8. The van der Waals surface area contributed by atoms with E-state index in [1.807, 2.05) is 19.1 Å². The van der Waals surface area contributed by atoms with Crippen molar-refractivity contribution in [2.24, 2.45) is 0 Å². The van der Waals surface area contributed by atoms with E-state index in [-0.39, 0.29) is 16.1 Å². The number of sulfonamides is 1. The van der Waals surface area contributed by atoms with Crippen LogP contribution in [0.3, 0.4) is 0 Å². The molecule has 1 aliphatic rings. The monoisotopic (exact) mass is 496 g/mol. The van der Waals surface area contributed by atoms with Gasteiger partial charge in [-0.05, 0) is 62.4 Å². The maximum absolute atomic E-state index is 12.8. The number of carbonyl (C=O) groups excluding carboxylic acids is 2. The predicted octanol–water partition coefficient (Wildman–Crippen LogP) is 3.75. The van der Waals surface area contributed by atoms with Crippen molar-refractivity contribution in [3.05, 3.63) is 77.9 Å². The number of esters is 1. The minimum atomic E-state index is -3.90. The van der Waals surface area contributed by atoms with Crippen molar-refractivity contribution in [3.8, 4) is 11.5 Å². The number of fused-ring (bicyclic) bond motifs is 1. The maximum Gasteiger partial charge on any atom is 0.338 e. The third-order valence-electron chi connectivity index (χ3n) is 5.17. The summed E-state index contributed by atoms with van der Waals surface area (Å²) in [7, 11) is -3.90. The summed E-state index contributed by atoms with van der Waals surface area (Å²) in [6.45, 7) is 4.15. The molecule has 4 rings (SSSR count). The zero-order valence-electron chi connectivity index (χ0n) is 19.1. The van der Waals surface area contributed by atoms with Gasteiger partial charge in [0.25, 0.3) is 15.9 Å². The molecule has 1 atom stereocenters. The Kier molecular flexibility index (Phi) is 6.92. The van der Waals surface area contributed by atoms with Crippen molar-refractivity contribution < 1.29 is 32.2 Å². The molecular weight excluding hydrogens is 472 g/mol. The summed E-state index contributed by atoms with van der Waals surface area (Å²) < 4.78 is 44.1. The smallest absolute Gasteiger partial charge is 0.338 e. The third-order valence-corrected chi connectivity index (χ3v) is 6.55. The van der Waals surface area contributed by atoms with E-state index in [2.05, 4.69) is 10.0 Å². The number of carbonyl (C=O) groups is 2. The van der Waals surface area contributed by atoms with Crippen LogP contribution >= 0.6 is 0 Å². The second kappa shape index (κ2) is 10.1. The van der Waals surface area contributed by atoms with Gasteiger partial charge in [-0.2, -0.15) is 0 Å². The van der Waals surface area contributed by atoms with Crippen LogP contribution in [0.5, 0.6) is 11.5 Å². The van der Waals surface area contributed by atoms with Crippen LogP contribution in [0.2, 0.25) is 0 Å². The lowest BCUT2D eigenvalue weighted by molar-refractivity contribution is -0.123. The van der Waals surface area contributed by atoms with Gasteiger partial charge in [0, 0.05) is 17.4 Å². The molecule has 3 aromatic carbocycles. The molecule has 3 aromatic rings. The Morgan fingerprint density at radius 2 is 1.51 bits per heavy atom. The summed E-state index contributed by atoms with van der Waals surface area (Å²) in [5.41, 5.74) is 2.07.